The largest absolute Gasteiger partial charge is 0.301 e. The molecule has 1 aliphatic rings. The number of thioether (sulfide) groups is 1. The first kappa shape index (κ1) is 10.7. The zero-order valence-corrected chi connectivity index (χ0v) is 9.76. The Morgan fingerprint density at radius 1 is 1.33 bits per heavy atom. The van der Waals surface area contributed by atoms with E-state index in [4.69, 9.17) is 0 Å². The highest BCUT2D eigenvalue weighted by Crippen LogP contribution is 2.20. The van der Waals surface area contributed by atoms with Crippen molar-refractivity contribution in [2.24, 2.45) is 5.41 Å². The Kier molecular flexibility index (Phi) is 4.27. The first-order valence-electron chi connectivity index (χ1n) is 4.55. The molecule has 0 aromatic carbocycles. The van der Waals surface area contributed by atoms with E-state index in [2.05, 4.69) is 43.1 Å². The van der Waals surface area contributed by atoms with Crippen molar-refractivity contribution in [1.29, 1.82) is 0 Å². The van der Waals surface area contributed by atoms with Gasteiger partial charge in [-0.05, 0) is 11.2 Å². The van der Waals surface area contributed by atoms with E-state index in [-0.39, 0.29) is 0 Å². The summed E-state index contributed by atoms with van der Waals surface area (Å²) in [5.41, 5.74) is 0.380. The minimum absolute atomic E-state index is 0.380. The number of nitrogens with zero attached hydrogens (tertiary/aromatic N) is 1. The molecule has 0 radical (unpaired) electrons. The minimum Gasteiger partial charge on any atom is -0.301 e. The van der Waals surface area contributed by atoms with Crippen LogP contribution in [-0.2, 0) is 0 Å². The highest BCUT2D eigenvalue weighted by molar-refractivity contribution is 7.99. The lowest BCUT2D eigenvalue weighted by Gasteiger charge is -2.33. The Labute approximate surface area is 85.7 Å². The maximum atomic E-state index is 4.37. The van der Waals surface area contributed by atoms with Crippen molar-refractivity contribution in [1.82, 2.24) is 4.90 Å². The molecule has 0 aromatic rings. The predicted octanol–water partition coefficient (Wildman–Crippen LogP) is 1.99. The molecule has 1 rings (SSSR count). The quantitative estimate of drug-likeness (QED) is 0.702. The number of hydrogen-bond acceptors (Lipinski definition) is 3. The van der Waals surface area contributed by atoms with Gasteiger partial charge in [0.25, 0.3) is 0 Å². The Balaban J connectivity index is 2.28. The fraction of sp³-hybridized carbons (Fsp3) is 1.00. The lowest BCUT2D eigenvalue weighted by atomic mass is 9.95. The van der Waals surface area contributed by atoms with Gasteiger partial charge in [-0.15, -0.1) is 0 Å². The van der Waals surface area contributed by atoms with Crippen LogP contribution in [0.1, 0.15) is 13.8 Å². The molecule has 0 spiro atoms. The molecule has 1 heterocycles. The number of hydrogen-bond donors (Lipinski definition) is 1. The molecule has 1 fully saturated rings. The molecule has 72 valence electrons. The monoisotopic (exact) mass is 205 g/mol. The van der Waals surface area contributed by atoms with E-state index in [1.54, 1.807) is 0 Å². The third-order valence-electron chi connectivity index (χ3n) is 2.18. The van der Waals surface area contributed by atoms with Crippen molar-refractivity contribution < 1.29 is 0 Å². The summed E-state index contributed by atoms with van der Waals surface area (Å²) in [6.45, 7) is 8.32. The van der Waals surface area contributed by atoms with E-state index >= 15 is 0 Å². The summed E-state index contributed by atoms with van der Waals surface area (Å²) in [5, 5.41) is 0. The van der Waals surface area contributed by atoms with Crippen molar-refractivity contribution in [2.75, 3.05) is 36.9 Å². The molecule has 0 N–H and O–H groups in total. The first-order valence-corrected chi connectivity index (χ1v) is 6.34. The zero-order chi connectivity index (χ0) is 9.03. The smallest absolute Gasteiger partial charge is 0.00729 e. The third kappa shape index (κ3) is 3.58. The van der Waals surface area contributed by atoms with Gasteiger partial charge in [0.2, 0.25) is 0 Å². The van der Waals surface area contributed by atoms with Crippen molar-refractivity contribution in [3.8, 4) is 0 Å². The number of thiol groups is 1. The Bertz CT molecular complexity index is 130. The van der Waals surface area contributed by atoms with Gasteiger partial charge in [-0.1, -0.05) is 13.8 Å². The van der Waals surface area contributed by atoms with Crippen LogP contribution in [0.2, 0.25) is 0 Å². The molecule has 0 unspecified atom stereocenters. The zero-order valence-electron chi connectivity index (χ0n) is 8.05. The van der Waals surface area contributed by atoms with E-state index in [0.717, 1.165) is 5.75 Å². The van der Waals surface area contributed by atoms with Crippen LogP contribution in [-0.4, -0.2) is 41.8 Å². The summed E-state index contributed by atoms with van der Waals surface area (Å²) in [5.74, 6) is 3.60. The predicted molar refractivity (Wildman–Crippen MR) is 61.4 cm³/mol. The standard InChI is InChI=1S/C9H19NS2/c1-9(2,8-11)7-10-3-5-12-6-4-10/h11H,3-8H2,1-2H3. The van der Waals surface area contributed by atoms with Gasteiger partial charge in [-0.3, -0.25) is 0 Å². The van der Waals surface area contributed by atoms with Crippen LogP contribution in [0.15, 0.2) is 0 Å². The van der Waals surface area contributed by atoms with Gasteiger partial charge in [0.15, 0.2) is 0 Å². The van der Waals surface area contributed by atoms with Gasteiger partial charge in [0.1, 0.15) is 0 Å². The van der Waals surface area contributed by atoms with E-state index < -0.39 is 0 Å². The summed E-state index contributed by atoms with van der Waals surface area (Å²) in [7, 11) is 0. The average molecular weight is 205 g/mol. The highest BCUT2D eigenvalue weighted by atomic mass is 32.2. The third-order valence-corrected chi connectivity index (χ3v) is 3.98. The maximum absolute atomic E-state index is 4.37. The second kappa shape index (κ2) is 4.77. The molecule has 1 nitrogen and oxygen atoms in total. The van der Waals surface area contributed by atoms with Crippen molar-refractivity contribution in [2.45, 2.75) is 13.8 Å². The Morgan fingerprint density at radius 2 is 1.92 bits per heavy atom. The van der Waals surface area contributed by atoms with Gasteiger partial charge in [0, 0.05) is 31.1 Å². The molecule has 3 heteroatoms. The molecule has 0 aliphatic carbocycles. The molecule has 0 saturated carbocycles. The van der Waals surface area contributed by atoms with E-state index in [0.29, 0.717) is 5.41 Å². The van der Waals surface area contributed by atoms with Crippen LogP contribution in [0.25, 0.3) is 0 Å². The van der Waals surface area contributed by atoms with E-state index in [1.165, 1.54) is 31.1 Å². The summed E-state index contributed by atoms with van der Waals surface area (Å²) in [6.07, 6.45) is 0. The average Bonchev–Trinajstić information content (AvgIpc) is 2.06. The van der Waals surface area contributed by atoms with Crippen molar-refractivity contribution in [3.63, 3.8) is 0 Å². The molecule has 1 aliphatic heterocycles. The lowest BCUT2D eigenvalue weighted by molar-refractivity contribution is 0.211. The second-order valence-corrected chi connectivity index (χ2v) is 5.75. The van der Waals surface area contributed by atoms with E-state index in [9.17, 15) is 0 Å². The minimum atomic E-state index is 0.380. The SMILES string of the molecule is CC(C)(CS)CN1CCSCC1. The summed E-state index contributed by atoms with van der Waals surface area (Å²) >= 11 is 6.44. The molecule has 0 atom stereocenters. The Hall–Kier alpha value is 0.660. The van der Waals surface area contributed by atoms with Crippen molar-refractivity contribution in [3.05, 3.63) is 0 Å². The van der Waals surface area contributed by atoms with Gasteiger partial charge in [0.05, 0.1) is 0 Å². The molecular weight excluding hydrogens is 186 g/mol. The summed E-state index contributed by atoms with van der Waals surface area (Å²) in [4.78, 5) is 2.56. The van der Waals surface area contributed by atoms with Gasteiger partial charge >= 0.3 is 0 Å². The Morgan fingerprint density at radius 3 is 2.42 bits per heavy atom. The fourth-order valence-electron chi connectivity index (χ4n) is 1.41. The second-order valence-electron chi connectivity index (χ2n) is 4.21. The van der Waals surface area contributed by atoms with Crippen LogP contribution in [0.3, 0.4) is 0 Å². The van der Waals surface area contributed by atoms with Gasteiger partial charge in [-0.2, -0.15) is 24.4 Å². The van der Waals surface area contributed by atoms with Crippen LogP contribution < -0.4 is 0 Å². The van der Waals surface area contributed by atoms with Gasteiger partial charge < -0.3 is 4.90 Å². The van der Waals surface area contributed by atoms with Crippen LogP contribution in [0.5, 0.6) is 0 Å². The maximum Gasteiger partial charge on any atom is 0.00729 e. The molecule has 12 heavy (non-hydrogen) atoms. The van der Waals surface area contributed by atoms with Crippen LogP contribution in [0.4, 0.5) is 0 Å². The molecule has 0 aromatic heterocycles. The summed E-state index contributed by atoms with van der Waals surface area (Å²) in [6, 6.07) is 0. The van der Waals surface area contributed by atoms with E-state index in [1.807, 2.05) is 0 Å². The van der Waals surface area contributed by atoms with Crippen LogP contribution >= 0.6 is 24.4 Å². The molecule has 0 bridgehead atoms. The van der Waals surface area contributed by atoms with Crippen molar-refractivity contribution >= 4 is 24.4 Å². The van der Waals surface area contributed by atoms with Gasteiger partial charge in [-0.25, -0.2) is 0 Å². The topological polar surface area (TPSA) is 3.24 Å². The summed E-state index contributed by atoms with van der Waals surface area (Å²) < 4.78 is 0. The fourth-order valence-corrected chi connectivity index (χ4v) is 2.49. The molecule has 1 saturated heterocycles. The normalized spacial score (nSPS) is 21.2. The first-order chi connectivity index (χ1) is 5.64. The lowest BCUT2D eigenvalue weighted by Crippen LogP contribution is -2.40. The highest BCUT2D eigenvalue weighted by Gasteiger charge is 2.21. The number of rotatable bonds is 3. The molecular formula is C9H19NS2. The molecule has 0 amide bonds. The van der Waals surface area contributed by atoms with Crippen LogP contribution in [0, 0.1) is 5.41 Å².